The molecule has 3 rings (SSSR count). The lowest BCUT2D eigenvalue weighted by atomic mass is 9.97. The van der Waals surface area contributed by atoms with Gasteiger partial charge in [0, 0.05) is 17.5 Å². The normalized spacial score (nSPS) is 16.3. The first-order valence-electron chi connectivity index (χ1n) is 8.02. The number of amides is 1. The number of rotatable bonds is 4. The van der Waals surface area contributed by atoms with E-state index in [0.717, 1.165) is 47.8 Å². The maximum Gasteiger partial charge on any atom is 0.225 e. The Kier molecular flexibility index (Phi) is 5.37. The van der Waals surface area contributed by atoms with E-state index in [0.29, 0.717) is 13.0 Å². The van der Waals surface area contributed by atoms with Crippen molar-refractivity contribution >= 4 is 29.3 Å². The van der Waals surface area contributed by atoms with Gasteiger partial charge in [-0.3, -0.25) is 4.79 Å². The van der Waals surface area contributed by atoms with Crippen molar-refractivity contribution in [3.05, 3.63) is 35.1 Å². The summed E-state index contributed by atoms with van der Waals surface area (Å²) in [5.41, 5.74) is 9.86. The molecule has 1 heterocycles. The number of halogens is 1. The fourth-order valence-electron chi connectivity index (χ4n) is 3.47. The number of benzene rings is 1. The molecule has 1 aromatic heterocycles. The number of hydrogen-bond donors (Lipinski definition) is 2. The quantitative estimate of drug-likeness (QED) is 0.899. The molecule has 4 nitrogen and oxygen atoms in total. The average Bonchev–Trinajstić information content (AvgIpc) is 3.11. The van der Waals surface area contributed by atoms with Gasteiger partial charge in [0.1, 0.15) is 5.58 Å². The molecule has 126 valence electrons. The van der Waals surface area contributed by atoms with Gasteiger partial charge in [0.05, 0.1) is 18.2 Å². The third kappa shape index (κ3) is 3.38. The minimum absolute atomic E-state index is 0. The molecule has 0 bridgehead atoms. The number of hydrogen-bond acceptors (Lipinski definition) is 3. The predicted octanol–water partition coefficient (Wildman–Crippen LogP) is 3.40. The van der Waals surface area contributed by atoms with Crippen LogP contribution in [0.3, 0.4) is 0 Å². The maximum atomic E-state index is 12.4. The first-order valence-corrected chi connectivity index (χ1v) is 8.02. The molecule has 1 aliphatic carbocycles. The molecule has 23 heavy (non-hydrogen) atoms. The van der Waals surface area contributed by atoms with Crippen molar-refractivity contribution in [2.45, 2.75) is 51.5 Å². The lowest BCUT2D eigenvalue weighted by Gasteiger charge is -2.28. The number of carbonyl (C=O) groups is 1. The van der Waals surface area contributed by atoms with E-state index in [-0.39, 0.29) is 23.9 Å². The number of furan rings is 1. The molecule has 1 aliphatic rings. The minimum atomic E-state index is -0.191. The summed E-state index contributed by atoms with van der Waals surface area (Å²) in [5, 5.41) is 4.20. The summed E-state index contributed by atoms with van der Waals surface area (Å²) in [4.78, 5) is 12.4. The van der Waals surface area contributed by atoms with Gasteiger partial charge in [-0.25, -0.2) is 0 Å². The van der Waals surface area contributed by atoms with Crippen LogP contribution < -0.4 is 11.1 Å². The fourth-order valence-corrected chi connectivity index (χ4v) is 3.47. The van der Waals surface area contributed by atoms with Crippen LogP contribution in [-0.4, -0.2) is 18.0 Å². The molecule has 5 heteroatoms. The summed E-state index contributed by atoms with van der Waals surface area (Å²) in [6.07, 6.45) is 6.31. The zero-order valence-corrected chi connectivity index (χ0v) is 14.6. The Morgan fingerprint density at radius 1 is 1.30 bits per heavy atom. The van der Waals surface area contributed by atoms with Crippen molar-refractivity contribution in [1.29, 1.82) is 0 Å². The van der Waals surface area contributed by atoms with Crippen LogP contribution >= 0.6 is 12.4 Å². The van der Waals surface area contributed by atoms with E-state index in [1.165, 1.54) is 5.56 Å². The largest absolute Gasteiger partial charge is 0.464 e. The SMILES string of the molecule is Cc1ccc2c(CC(=O)NC3(CN)CCCC3)coc2c1C.Cl. The van der Waals surface area contributed by atoms with Gasteiger partial charge in [-0.1, -0.05) is 25.0 Å². The molecule has 0 aliphatic heterocycles. The second-order valence-corrected chi connectivity index (χ2v) is 6.56. The lowest BCUT2D eigenvalue weighted by molar-refractivity contribution is -0.122. The Bertz CT molecular complexity index is 702. The van der Waals surface area contributed by atoms with Gasteiger partial charge in [-0.05, 0) is 37.8 Å². The molecule has 0 atom stereocenters. The Morgan fingerprint density at radius 3 is 2.65 bits per heavy atom. The van der Waals surface area contributed by atoms with Gasteiger partial charge < -0.3 is 15.5 Å². The van der Waals surface area contributed by atoms with Crippen LogP contribution in [0, 0.1) is 13.8 Å². The second kappa shape index (κ2) is 6.93. The highest BCUT2D eigenvalue weighted by molar-refractivity contribution is 5.89. The van der Waals surface area contributed by atoms with Gasteiger partial charge in [0.15, 0.2) is 0 Å². The Labute approximate surface area is 143 Å². The van der Waals surface area contributed by atoms with Gasteiger partial charge in [-0.2, -0.15) is 0 Å². The molecule has 0 spiro atoms. The van der Waals surface area contributed by atoms with Crippen LogP contribution in [0.2, 0.25) is 0 Å². The molecule has 3 N–H and O–H groups in total. The van der Waals surface area contributed by atoms with Crippen LogP contribution in [0.15, 0.2) is 22.8 Å². The predicted molar refractivity (Wildman–Crippen MR) is 95.0 cm³/mol. The summed E-state index contributed by atoms with van der Waals surface area (Å²) >= 11 is 0. The van der Waals surface area contributed by atoms with Crippen molar-refractivity contribution in [2.75, 3.05) is 6.54 Å². The summed E-state index contributed by atoms with van der Waals surface area (Å²) in [7, 11) is 0. The van der Waals surface area contributed by atoms with E-state index in [2.05, 4.69) is 18.3 Å². The van der Waals surface area contributed by atoms with Crippen molar-refractivity contribution in [3.63, 3.8) is 0 Å². The second-order valence-electron chi connectivity index (χ2n) is 6.56. The highest BCUT2D eigenvalue weighted by Gasteiger charge is 2.33. The molecule has 0 unspecified atom stereocenters. The van der Waals surface area contributed by atoms with E-state index in [1.807, 2.05) is 13.0 Å². The van der Waals surface area contributed by atoms with Crippen LogP contribution in [-0.2, 0) is 11.2 Å². The monoisotopic (exact) mass is 336 g/mol. The molecule has 1 amide bonds. The molecule has 0 saturated heterocycles. The zero-order chi connectivity index (χ0) is 15.7. The van der Waals surface area contributed by atoms with Crippen molar-refractivity contribution in [1.82, 2.24) is 5.32 Å². The zero-order valence-electron chi connectivity index (χ0n) is 13.8. The molecule has 1 aromatic carbocycles. The summed E-state index contributed by atoms with van der Waals surface area (Å²) < 4.78 is 5.68. The topological polar surface area (TPSA) is 68.3 Å². The van der Waals surface area contributed by atoms with E-state index in [1.54, 1.807) is 6.26 Å². The highest BCUT2D eigenvalue weighted by atomic mass is 35.5. The van der Waals surface area contributed by atoms with E-state index >= 15 is 0 Å². The molecule has 1 saturated carbocycles. The van der Waals surface area contributed by atoms with Gasteiger partial charge in [0.2, 0.25) is 5.91 Å². The van der Waals surface area contributed by atoms with Gasteiger partial charge >= 0.3 is 0 Å². The van der Waals surface area contributed by atoms with Crippen LogP contribution in [0.25, 0.3) is 11.0 Å². The summed E-state index contributed by atoms with van der Waals surface area (Å²) in [5.74, 6) is 0.0354. The maximum absolute atomic E-state index is 12.4. The van der Waals surface area contributed by atoms with Crippen molar-refractivity contribution < 1.29 is 9.21 Å². The van der Waals surface area contributed by atoms with Crippen LogP contribution in [0.5, 0.6) is 0 Å². The van der Waals surface area contributed by atoms with Crippen molar-refractivity contribution in [3.8, 4) is 0 Å². The van der Waals surface area contributed by atoms with Gasteiger partial charge in [0.25, 0.3) is 0 Å². The number of nitrogens with two attached hydrogens (primary N) is 1. The average molecular weight is 337 g/mol. The number of fused-ring (bicyclic) bond motifs is 1. The molecule has 0 radical (unpaired) electrons. The van der Waals surface area contributed by atoms with E-state index in [9.17, 15) is 4.79 Å². The third-order valence-electron chi connectivity index (χ3n) is 5.05. The molecule has 1 fully saturated rings. The van der Waals surface area contributed by atoms with E-state index in [4.69, 9.17) is 10.2 Å². The lowest BCUT2D eigenvalue weighted by Crippen LogP contribution is -2.52. The first kappa shape index (κ1) is 17.8. The Morgan fingerprint density at radius 2 is 2.00 bits per heavy atom. The number of nitrogens with one attached hydrogen (secondary N) is 1. The van der Waals surface area contributed by atoms with E-state index < -0.39 is 0 Å². The number of aryl methyl sites for hydroxylation is 2. The van der Waals surface area contributed by atoms with Crippen LogP contribution in [0.4, 0.5) is 0 Å². The third-order valence-corrected chi connectivity index (χ3v) is 5.05. The fraction of sp³-hybridized carbons (Fsp3) is 0.500. The molecule has 2 aromatic rings. The molecular formula is C18H25ClN2O2. The Balaban J connectivity index is 0.00000192. The standard InChI is InChI=1S/C18H24N2O2.ClH/c1-12-5-6-15-14(10-22-17(15)13(12)2)9-16(21)20-18(11-19)7-3-4-8-18;/h5-6,10H,3-4,7-9,11,19H2,1-2H3,(H,20,21);1H. The summed E-state index contributed by atoms with van der Waals surface area (Å²) in [6, 6.07) is 4.12. The number of carbonyl (C=O) groups excluding carboxylic acids is 1. The van der Waals surface area contributed by atoms with Crippen molar-refractivity contribution in [2.24, 2.45) is 5.73 Å². The Hall–Kier alpha value is -1.52. The molecular weight excluding hydrogens is 312 g/mol. The van der Waals surface area contributed by atoms with Crippen LogP contribution in [0.1, 0.15) is 42.4 Å². The highest BCUT2D eigenvalue weighted by Crippen LogP contribution is 2.30. The first-order chi connectivity index (χ1) is 10.5. The smallest absolute Gasteiger partial charge is 0.225 e. The summed E-state index contributed by atoms with van der Waals surface area (Å²) in [6.45, 7) is 4.63. The van der Waals surface area contributed by atoms with Gasteiger partial charge in [-0.15, -0.1) is 12.4 Å². The minimum Gasteiger partial charge on any atom is -0.464 e.